The molecule has 6 nitrogen and oxygen atoms in total. The lowest BCUT2D eigenvalue weighted by Gasteiger charge is -2.35. The van der Waals surface area contributed by atoms with Gasteiger partial charge >= 0.3 is 6.03 Å². The highest BCUT2D eigenvalue weighted by atomic mass is 16.2. The molecule has 2 rings (SSSR count). The van der Waals surface area contributed by atoms with Crippen LogP contribution in [0.1, 0.15) is 26.7 Å². The molecule has 1 aromatic rings. The van der Waals surface area contributed by atoms with E-state index in [0.717, 1.165) is 44.8 Å². The average molecular weight is 277 g/mol. The number of piperazine rings is 1. The number of carbonyl (C=O) groups excluding carboxylic acids is 1. The zero-order valence-corrected chi connectivity index (χ0v) is 12.2. The van der Waals surface area contributed by atoms with Gasteiger partial charge in [0.15, 0.2) is 0 Å². The Morgan fingerprint density at radius 1 is 1.35 bits per heavy atom. The molecule has 1 aliphatic heterocycles. The lowest BCUT2D eigenvalue weighted by Crippen LogP contribution is -2.53. The van der Waals surface area contributed by atoms with Gasteiger partial charge in [0.05, 0.1) is 6.20 Å². The van der Waals surface area contributed by atoms with Gasteiger partial charge in [0.1, 0.15) is 5.82 Å². The Morgan fingerprint density at radius 2 is 2.10 bits per heavy atom. The third kappa shape index (κ3) is 3.82. The molecule has 1 aromatic heterocycles. The summed E-state index contributed by atoms with van der Waals surface area (Å²) in [6.45, 7) is 7.23. The quantitative estimate of drug-likeness (QED) is 0.906. The van der Waals surface area contributed by atoms with Crippen molar-refractivity contribution in [2.75, 3.05) is 31.1 Å². The third-order valence-electron chi connectivity index (χ3n) is 3.53. The highest BCUT2D eigenvalue weighted by Gasteiger charge is 2.22. The van der Waals surface area contributed by atoms with Gasteiger partial charge in [-0.25, -0.2) is 9.78 Å². The van der Waals surface area contributed by atoms with E-state index >= 15 is 0 Å². The molecule has 20 heavy (non-hydrogen) atoms. The van der Waals surface area contributed by atoms with Crippen LogP contribution in [0.2, 0.25) is 0 Å². The van der Waals surface area contributed by atoms with E-state index in [-0.39, 0.29) is 12.1 Å². The molecule has 1 aliphatic rings. The third-order valence-corrected chi connectivity index (χ3v) is 3.53. The Balaban J connectivity index is 1.80. The molecule has 0 radical (unpaired) electrons. The molecule has 0 bridgehead atoms. The van der Waals surface area contributed by atoms with Crippen LogP contribution in [-0.2, 0) is 0 Å². The Labute approximate surface area is 120 Å². The standard InChI is InChI=1S/C14H23N5O/c1-3-4-12(2)17-14(20)19-9-7-18(8-10-19)13-11-15-5-6-16-13/h5-6,11-12H,3-4,7-10H2,1-2H3,(H,17,20)/t12-/m0/s1. The van der Waals surface area contributed by atoms with Crippen LogP contribution >= 0.6 is 0 Å². The second kappa shape index (κ2) is 7.07. The first-order valence-electron chi connectivity index (χ1n) is 7.27. The van der Waals surface area contributed by atoms with Gasteiger partial charge in [-0.05, 0) is 13.3 Å². The predicted molar refractivity (Wildman–Crippen MR) is 78.7 cm³/mol. The fraction of sp³-hybridized carbons (Fsp3) is 0.643. The first-order valence-corrected chi connectivity index (χ1v) is 7.27. The van der Waals surface area contributed by atoms with Crippen LogP contribution in [0.5, 0.6) is 0 Å². The zero-order valence-electron chi connectivity index (χ0n) is 12.2. The maximum Gasteiger partial charge on any atom is 0.317 e. The monoisotopic (exact) mass is 277 g/mol. The molecule has 1 N–H and O–H groups in total. The Hall–Kier alpha value is -1.85. The van der Waals surface area contributed by atoms with E-state index in [1.54, 1.807) is 18.6 Å². The van der Waals surface area contributed by atoms with Gasteiger partial charge < -0.3 is 15.1 Å². The number of urea groups is 1. The second-order valence-electron chi connectivity index (χ2n) is 5.18. The maximum atomic E-state index is 12.1. The number of anilines is 1. The number of hydrogen-bond donors (Lipinski definition) is 1. The molecule has 0 aromatic carbocycles. The summed E-state index contributed by atoms with van der Waals surface area (Å²) in [6.07, 6.45) is 7.23. The Morgan fingerprint density at radius 3 is 2.70 bits per heavy atom. The summed E-state index contributed by atoms with van der Waals surface area (Å²) in [5.74, 6) is 0.881. The van der Waals surface area contributed by atoms with Gasteiger partial charge in [-0.1, -0.05) is 13.3 Å². The smallest absolute Gasteiger partial charge is 0.317 e. The van der Waals surface area contributed by atoms with Crippen molar-refractivity contribution in [1.29, 1.82) is 0 Å². The van der Waals surface area contributed by atoms with E-state index < -0.39 is 0 Å². The largest absolute Gasteiger partial charge is 0.352 e. The highest BCUT2D eigenvalue weighted by Crippen LogP contribution is 2.11. The minimum absolute atomic E-state index is 0.0461. The maximum absolute atomic E-state index is 12.1. The zero-order chi connectivity index (χ0) is 14.4. The molecule has 1 atom stereocenters. The van der Waals surface area contributed by atoms with Gasteiger partial charge in [0.2, 0.25) is 0 Å². The lowest BCUT2D eigenvalue weighted by molar-refractivity contribution is 0.190. The van der Waals surface area contributed by atoms with Crippen LogP contribution < -0.4 is 10.2 Å². The fourth-order valence-corrected chi connectivity index (χ4v) is 2.40. The van der Waals surface area contributed by atoms with Gasteiger partial charge in [-0.3, -0.25) is 4.98 Å². The number of carbonyl (C=O) groups is 1. The van der Waals surface area contributed by atoms with Crippen molar-refractivity contribution in [3.63, 3.8) is 0 Å². The summed E-state index contributed by atoms with van der Waals surface area (Å²) in [7, 11) is 0. The minimum atomic E-state index is 0.0461. The van der Waals surface area contributed by atoms with Crippen molar-refractivity contribution < 1.29 is 4.79 Å². The van der Waals surface area contributed by atoms with Gasteiger partial charge in [0.25, 0.3) is 0 Å². The van der Waals surface area contributed by atoms with Gasteiger partial charge in [0, 0.05) is 44.6 Å². The summed E-state index contributed by atoms with van der Waals surface area (Å²) >= 11 is 0. The van der Waals surface area contributed by atoms with Crippen molar-refractivity contribution in [3.05, 3.63) is 18.6 Å². The van der Waals surface area contributed by atoms with E-state index in [1.165, 1.54) is 0 Å². The van der Waals surface area contributed by atoms with Gasteiger partial charge in [-0.15, -0.1) is 0 Å². The fourth-order valence-electron chi connectivity index (χ4n) is 2.40. The van der Waals surface area contributed by atoms with Crippen LogP contribution in [0, 0.1) is 0 Å². The topological polar surface area (TPSA) is 61.4 Å². The van der Waals surface area contributed by atoms with Crippen LogP contribution in [-0.4, -0.2) is 53.1 Å². The first kappa shape index (κ1) is 14.6. The summed E-state index contributed by atoms with van der Waals surface area (Å²) in [4.78, 5) is 24.5. The van der Waals surface area contributed by atoms with E-state index in [0.29, 0.717) is 0 Å². The van der Waals surface area contributed by atoms with E-state index in [1.807, 2.05) is 4.90 Å². The van der Waals surface area contributed by atoms with Crippen molar-refractivity contribution >= 4 is 11.8 Å². The summed E-state index contributed by atoms with van der Waals surface area (Å²) in [5.41, 5.74) is 0. The molecule has 0 saturated carbocycles. The molecule has 2 heterocycles. The Bertz CT molecular complexity index is 417. The molecule has 1 saturated heterocycles. The summed E-state index contributed by atoms with van der Waals surface area (Å²) < 4.78 is 0. The second-order valence-corrected chi connectivity index (χ2v) is 5.18. The molecular formula is C14H23N5O. The number of hydrogen-bond acceptors (Lipinski definition) is 4. The molecular weight excluding hydrogens is 254 g/mol. The van der Waals surface area contributed by atoms with Gasteiger partial charge in [-0.2, -0.15) is 0 Å². The van der Waals surface area contributed by atoms with Crippen LogP contribution in [0.4, 0.5) is 10.6 Å². The number of rotatable bonds is 4. The SMILES string of the molecule is CCC[C@H](C)NC(=O)N1CCN(c2cnccn2)CC1. The van der Waals surface area contributed by atoms with Crippen molar-refractivity contribution in [3.8, 4) is 0 Å². The number of aromatic nitrogens is 2. The van der Waals surface area contributed by atoms with E-state index in [2.05, 4.69) is 34.0 Å². The summed E-state index contributed by atoms with van der Waals surface area (Å²) in [6, 6.07) is 0.287. The number of nitrogens with one attached hydrogen (secondary N) is 1. The Kier molecular flexibility index (Phi) is 5.15. The molecule has 0 aliphatic carbocycles. The van der Waals surface area contributed by atoms with Crippen LogP contribution in [0.25, 0.3) is 0 Å². The molecule has 2 amide bonds. The molecule has 1 fully saturated rings. The normalized spacial score (nSPS) is 16.9. The molecule has 0 spiro atoms. The van der Waals surface area contributed by atoms with Crippen LogP contribution in [0.3, 0.4) is 0 Å². The molecule has 6 heteroatoms. The number of amides is 2. The van der Waals surface area contributed by atoms with Crippen LogP contribution in [0.15, 0.2) is 18.6 Å². The minimum Gasteiger partial charge on any atom is -0.352 e. The lowest BCUT2D eigenvalue weighted by atomic mass is 10.2. The average Bonchev–Trinajstić information content (AvgIpc) is 2.48. The first-order chi connectivity index (χ1) is 9.70. The number of nitrogens with zero attached hydrogens (tertiary/aromatic N) is 4. The predicted octanol–water partition coefficient (Wildman–Crippen LogP) is 1.50. The molecule has 110 valence electrons. The van der Waals surface area contributed by atoms with E-state index in [4.69, 9.17) is 0 Å². The summed E-state index contributed by atoms with van der Waals surface area (Å²) in [5, 5.41) is 3.05. The highest BCUT2D eigenvalue weighted by molar-refractivity contribution is 5.74. The van der Waals surface area contributed by atoms with Crippen molar-refractivity contribution in [2.24, 2.45) is 0 Å². The molecule has 0 unspecified atom stereocenters. The van der Waals surface area contributed by atoms with E-state index in [9.17, 15) is 4.79 Å². The van der Waals surface area contributed by atoms with Crippen molar-refractivity contribution in [1.82, 2.24) is 20.2 Å². The van der Waals surface area contributed by atoms with Crippen molar-refractivity contribution in [2.45, 2.75) is 32.7 Å².